The largest absolute Gasteiger partial charge is 0.390 e. The van der Waals surface area contributed by atoms with E-state index in [1.807, 2.05) is 20.8 Å². The zero-order chi connectivity index (χ0) is 14.8. The molecule has 0 aliphatic carbocycles. The van der Waals surface area contributed by atoms with Crippen LogP contribution in [-0.2, 0) is 9.59 Å². The molecule has 1 rings (SSSR count). The fourth-order valence-electron chi connectivity index (χ4n) is 1.48. The Balaban J connectivity index is 2.80. The van der Waals surface area contributed by atoms with Gasteiger partial charge in [-0.1, -0.05) is 32.5 Å². The van der Waals surface area contributed by atoms with E-state index in [0.29, 0.717) is 23.7 Å². The molecule has 0 saturated carbocycles. The number of hydrogen-bond donors (Lipinski definition) is 1. The Hall–Kier alpha value is -0.810. The van der Waals surface area contributed by atoms with Crippen molar-refractivity contribution in [1.82, 2.24) is 4.90 Å². The van der Waals surface area contributed by atoms with Crippen molar-refractivity contribution in [2.24, 2.45) is 5.41 Å². The molecule has 1 saturated heterocycles. The van der Waals surface area contributed by atoms with Crippen molar-refractivity contribution >= 4 is 23.5 Å². The topological polar surface area (TPSA) is 57.6 Å². The first kappa shape index (κ1) is 16.2. The molecule has 0 radical (unpaired) electrons. The molecule has 4 nitrogen and oxygen atoms in total. The van der Waals surface area contributed by atoms with E-state index in [1.54, 1.807) is 24.8 Å². The van der Waals surface area contributed by atoms with Crippen LogP contribution in [0.2, 0.25) is 0 Å². The van der Waals surface area contributed by atoms with Gasteiger partial charge in [0, 0.05) is 18.0 Å². The fraction of sp³-hybridized carbons (Fsp3) is 0.714. The third-order valence-corrected chi connectivity index (χ3v) is 3.88. The Bertz CT molecular complexity index is 402. The molecule has 0 spiro atoms. The molecule has 1 aliphatic rings. The van der Waals surface area contributed by atoms with Crippen LogP contribution >= 0.6 is 11.8 Å². The zero-order valence-electron chi connectivity index (χ0n) is 12.3. The quantitative estimate of drug-likeness (QED) is 0.804. The highest BCUT2D eigenvalue weighted by atomic mass is 32.2. The van der Waals surface area contributed by atoms with Crippen LogP contribution in [0.5, 0.6) is 0 Å². The highest BCUT2D eigenvalue weighted by molar-refractivity contribution is 8.04. The number of carbonyl (C=O) groups is 2. The van der Waals surface area contributed by atoms with Crippen molar-refractivity contribution in [2.45, 2.75) is 46.6 Å². The van der Waals surface area contributed by atoms with Gasteiger partial charge in [0.25, 0.3) is 0 Å². The average Bonchev–Trinajstić information content (AvgIpc) is 2.54. The SMILES string of the molecule is CC(C)(O)CCN1C(=O)CS/C1=C\C(=O)C(C)(C)C. The molecule has 0 unspecified atom stereocenters. The van der Waals surface area contributed by atoms with Crippen LogP contribution in [0.25, 0.3) is 0 Å². The summed E-state index contributed by atoms with van der Waals surface area (Å²) >= 11 is 1.39. The third kappa shape index (κ3) is 4.99. The molecule has 0 aromatic heterocycles. The Kier molecular flexibility index (Phi) is 4.85. The molecule has 19 heavy (non-hydrogen) atoms. The minimum atomic E-state index is -0.813. The molecule has 1 aliphatic heterocycles. The van der Waals surface area contributed by atoms with Crippen LogP contribution in [0.3, 0.4) is 0 Å². The molecule has 0 bridgehead atoms. The van der Waals surface area contributed by atoms with Crippen LogP contribution < -0.4 is 0 Å². The lowest BCUT2D eigenvalue weighted by molar-refractivity contribution is -0.125. The van der Waals surface area contributed by atoms with E-state index in [9.17, 15) is 14.7 Å². The summed E-state index contributed by atoms with van der Waals surface area (Å²) in [4.78, 5) is 25.4. The Morgan fingerprint density at radius 1 is 1.37 bits per heavy atom. The first-order chi connectivity index (χ1) is 8.50. The molecule has 1 N–H and O–H groups in total. The van der Waals surface area contributed by atoms with Gasteiger partial charge in [-0.3, -0.25) is 9.59 Å². The molecule has 0 aromatic carbocycles. The fourth-order valence-corrected chi connectivity index (χ4v) is 2.45. The first-order valence-electron chi connectivity index (χ1n) is 6.42. The number of nitrogens with zero attached hydrogens (tertiary/aromatic N) is 1. The molecule has 1 heterocycles. The predicted octanol–water partition coefficient (Wildman–Crippen LogP) is 2.18. The lowest BCUT2D eigenvalue weighted by Crippen LogP contribution is -2.32. The number of thioether (sulfide) groups is 1. The second kappa shape index (κ2) is 5.67. The maximum Gasteiger partial charge on any atom is 0.237 e. The summed E-state index contributed by atoms with van der Waals surface area (Å²) in [5, 5.41) is 10.4. The second-order valence-electron chi connectivity index (χ2n) is 6.49. The van der Waals surface area contributed by atoms with Crippen molar-refractivity contribution in [3.8, 4) is 0 Å². The van der Waals surface area contributed by atoms with Crippen molar-refractivity contribution in [1.29, 1.82) is 0 Å². The smallest absolute Gasteiger partial charge is 0.237 e. The molecule has 1 amide bonds. The van der Waals surface area contributed by atoms with Gasteiger partial charge in [-0.05, 0) is 20.3 Å². The maximum absolute atomic E-state index is 12.0. The molecule has 108 valence electrons. The van der Waals surface area contributed by atoms with Gasteiger partial charge in [-0.25, -0.2) is 0 Å². The summed E-state index contributed by atoms with van der Waals surface area (Å²) in [6.07, 6.45) is 2.04. The second-order valence-corrected chi connectivity index (χ2v) is 7.49. The predicted molar refractivity (Wildman–Crippen MR) is 77.6 cm³/mol. The molecule has 5 heteroatoms. The van der Waals surface area contributed by atoms with E-state index in [2.05, 4.69) is 0 Å². The van der Waals surface area contributed by atoms with Gasteiger partial charge < -0.3 is 10.0 Å². The number of carbonyl (C=O) groups excluding carboxylic acids is 2. The lowest BCUT2D eigenvalue weighted by Gasteiger charge is -2.23. The van der Waals surface area contributed by atoms with Gasteiger partial charge in [0.1, 0.15) is 0 Å². The van der Waals surface area contributed by atoms with Crippen LogP contribution in [-0.4, -0.2) is 39.6 Å². The summed E-state index contributed by atoms with van der Waals surface area (Å²) in [5.41, 5.74) is -1.26. The number of rotatable bonds is 4. The van der Waals surface area contributed by atoms with Crippen LogP contribution in [0.15, 0.2) is 11.1 Å². The molecular weight excluding hydrogens is 262 g/mol. The van der Waals surface area contributed by atoms with Crippen LogP contribution in [0.4, 0.5) is 0 Å². The van der Waals surface area contributed by atoms with E-state index in [0.717, 1.165) is 0 Å². The van der Waals surface area contributed by atoms with E-state index < -0.39 is 11.0 Å². The van der Waals surface area contributed by atoms with E-state index in [4.69, 9.17) is 0 Å². The monoisotopic (exact) mass is 285 g/mol. The molecular formula is C14H23NO3S. The number of aliphatic hydroxyl groups is 1. The first-order valence-corrected chi connectivity index (χ1v) is 7.41. The van der Waals surface area contributed by atoms with Gasteiger partial charge in [0.15, 0.2) is 5.78 Å². The molecule has 1 fully saturated rings. The van der Waals surface area contributed by atoms with E-state index in [-0.39, 0.29) is 11.7 Å². The number of amides is 1. The number of hydrogen-bond acceptors (Lipinski definition) is 4. The van der Waals surface area contributed by atoms with Crippen LogP contribution in [0.1, 0.15) is 41.0 Å². The summed E-state index contributed by atoms with van der Waals surface area (Å²) < 4.78 is 0. The van der Waals surface area contributed by atoms with Gasteiger partial charge in [-0.2, -0.15) is 0 Å². The summed E-state index contributed by atoms with van der Waals surface area (Å²) in [6.45, 7) is 9.44. The van der Waals surface area contributed by atoms with Crippen molar-refractivity contribution in [2.75, 3.05) is 12.3 Å². The minimum absolute atomic E-state index is 0.00205. The third-order valence-electron chi connectivity index (χ3n) is 2.85. The average molecular weight is 285 g/mol. The Labute approximate surface area is 119 Å². The van der Waals surface area contributed by atoms with Crippen molar-refractivity contribution in [3.05, 3.63) is 11.1 Å². The number of allylic oxidation sites excluding steroid dienone is 1. The zero-order valence-corrected chi connectivity index (χ0v) is 13.1. The van der Waals surface area contributed by atoms with Crippen LogP contribution in [0, 0.1) is 5.41 Å². The highest BCUT2D eigenvalue weighted by Gasteiger charge is 2.30. The Morgan fingerprint density at radius 2 is 1.95 bits per heavy atom. The van der Waals surface area contributed by atoms with E-state index >= 15 is 0 Å². The summed E-state index contributed by atoms with van der Waals surface area (Å²) in [7, 11) is 0. The summed E-state index contributed by atoms with van der Waals surface area (Å²) in [5.74, 6) is 0.384. The molecule has 0 atom stereocenters. The van der Waals surface area contributed by atoms with E-state index in [1.165, 1.54) is 11.8 Å². The van der Waals surface area contributed by atoms with Gasteiger partial charge in [0.05, 0.1) is 16.4 Å². The highest BCUT2D eigenvalue weighted by Crippen LogP contribution is 2.31. The normalized spacial score (nSPS) is 19.4. The van der Waals surface area contributed by atoms with Gasteiger partial charge in [-0.15, -0.1) is 0 Å². The van der Waals surface area contributed by atoms with Crippen molar-refractivity contribution < 1.29 is 14.7 Å². The molecule has 0 aromatic rings. The Morgan fingerprint density at radius 3 is 2.42 bits per heavy atom. The van der Waals surface area contributed by atoms with Gasteiger partial charge >= 0.3 is 0 Å². The minimum Gasteiger partial charge on any atom is -0.390 e. The maximum atomic E-state index is 12.0. The number of ketones is 1. The standard InChI is InChI=1S/C14H23NO3S/c1-13(2,3)10(16)8-12-15(11(17)9-19-12)7-6-14(4,5)18/h8,18H,6-7,9H2,1-5H3/b12-8-. The summed E-state index contributed by atoms with van der Waals surface area (Å²) in [6, 6.07) is 0. The lowest BCUT2D eigenvalue weighted by atomic mass is 9.91. The van der Waals surface area contributed by atoms with Gasteiger partial charge in [0.2, 0.25) is 5.91 Å². The van der Waals surface area contributed by atoms with Crippen molar-refractivity contribution in [3.63, 3.8) is 0 Å².